The van der Waals surface area contributed by atoms with E-state index in [9.17, 15) is 9.18 Å². The van der Waals surface area contributed by atoms with Crippen molar-refractivity contribution < 1.29 is 13.9 Å². The smallest absolute Gasteiger partial charge is 0.342 e. The first kappa shape index (κ1) is 14.4. The molecule has 0 aliphatic carbocycles. The molecule has 0 aromatic heterocycles. The lowest BCUT2D eigenvalue weighted by Crippen LogP contribution is -2.31. The van der Waals surface area contributed by atoms with Gasteiger partial charge >= 0.3 is 5.97 Å². The lowest BCUT2D eigenvalue weighted by molar-refractivity contribution is -0.149. The number of hydrogen-bond acceptors (Lipinski definition) is 3. The van der Waals surface area contributed by atoms with Crippen LogP contribution < -0.4 is 5.73 Å². The molecule has 3 nitrogen and oxygen atoms in total. The molecule has 0 aliphatic heterocycles. The number of hydrogen-bond donors (Lipinski definition) is 1. The number of alkyl halides is 1. The molecule has 0 heterocycles. The van der Waals surface area contributed by atoms with Crippen molar-refractivity contribution in [3.63, 3.8) is 0 Å². The first-order chi connectivity index (χ1) is 7.97. The van der Waals surface area contributed by atoms with E-state index in [4.69, 9.17) is 17.3 Å². The maximum atomic E-state index is 13.6. The summed E-state index contributed by atoms with van der Waals surface area (Å²) < 4.78 is 18.8. The summed E-state index contributed by atoms with van der Waals surface area (Å²) in [5.41, 5.74) is 6.12. The van der Waals surface area contributed by atoms with Crippen LogP contribution in [-0.4, -0.2) is 18.7 Å². The minimum Gasteiger partial charge on any atom is -0.464 e. The molecule has 0 amide bonds. The molecule has 1 rings (SSSR count). The van der Waals surface area contributed by atoms with Gasteiger partial charge in [0, 0.05) is 4.47 Å². The van der Waals surface area contributed by atoms with Crippen LogP contribution in [0, 0.1) is 0 Å². The fraction of sp³-hybridized carbons (Fsp3) is 0.364. The molecule has 1 unspecified atom stereocenters. The predicted molar refractivity (Wildman–Crippen MR) is 67.6 cm³/mol. The zero-order chi connectivity index (χ0) is 13.0. The third-order valence-corrected chi connectivity index (χ3v) is 3.37. The topological polar surface area (TPSA) is 52.3 Å². The molecule has 0 spiro atoms. The van der Waals surface area contributed by atoms with E-state index in [1.54, 1.807) is 25.1 Å². The van der Waals surface area contributed by atoms with Crippen molar-refractivity contribution in [1.82, 2.24) is 0 Å². The Morgan fingerprint density at radius 2 is 2.29 bits per heavy atom. The summed E-state index contributed by atoms with van der Waals surface area (Å²) in [6.07, 6.45) is -1.89. The van der Waals surface area contributed by atoms with Crippen LogP contribution in [-0.2, 0) is 9.53 Å². The van der Waals surface area contributed by atoms with Gasteiger partial charge in [0.25, 0.3) is 0 Å². The fourth-order valence-corrected chi connectivity index (χ4v) is 1.77. The van der Waals surface area contributed by atoms with E-state index in [0.717, 1.165) is 0 Å². The molecule has 0 fully saturated rings. The normalized spacial score (nSPS) is 14.2. The highest BCUT2D eigenvalue weighted by Crippen LogP contribution is 2.27. The second kappa shape index (κ2) is 6.33. The monoisotopic (exact) mass is 323 g/mol. The van der Waals surface area contributed by atoms with Crippen LogP contribution in [0.1, 0.15) is 18.5 Å². The third kappa shape index (κ3) is 3.66. The van der Waals surface area contributed by atoms with Gasteiger partial charge in [-0.3, -0.25) is 0 Å². The Hall–Kier alpha value is -0.650. The Kier molecular flexibility index (Phi) is 5.36. The summed E-state index contributed by atoms with van der Waals surface area (Å²) in [7, 11) is 0. The van der Waals surface area contributed by atoms with Gasteiger partial charge in [-0.2, -0.15) is 0 Å². The lowest BCUT2D eigenvalue weighted by atomic mass is 10.0. The number of ether oxygens (including phenoxy) is 1. The third-order valence-electron chi connectivity index (χ3n) is 2.16. The Labute approximate surface area is 112 Å². The average Bonchev–Trinajstić information content (AvgIpc) is 2.31. The van der Waals surface area contributed by atoms with Gasteiger partial charge in [0.2, 0.25) is 6.17 Å². The first-order valence-electron chi connectivity index (χ1n) is 4.98. The quantitative estimate of drug-likeness (QED) is 0.866. The number of esters is 1. The molecule has 17 heavy (non-hydrogen) atoms. The molecule has 2 N–H and O–H groups in total. The highest BCUT2D eigenvalue weighted by molar-refractivity contribution is 9.10. The van der Waals surface area contributed by atoms with E-state index in [2.05, 4.69) is 20.7 Å². The number of benzene rings is 1. The van der Waals surface area contributed by atoms with Crippen LogP contribution in [0.15, 0.2) is 22.7 Å². The molecule has 6 heteroatoms. The van der Waals surface area contributed by atoms with E-state index in [1.165, 1.54) is 0 Å². The summed E-state index contributed by atoms with van der Waals surface area (Å²) in [5.74, 6) is -0.953. The molecule has 0 aliphatic rings. The molecular formula is C11H12BrClFNO2. The summed E-state index contributed by atoms with van der Waals surface area (Å²) >= 11 is 9.01. The number of rotatable bonds is 4. The van der Waals surface area contributed by atoms with Gasteiger partial charge in [-0.1, -0.05) is 17.7 Å². The largest absolute Gasteiger partial charge is 0.464 e. The van der Waals surface area contributed by atoms with Gasteiger partial charge < -0.3 is 10.5 Å². The molecule has 1 aromatic carbocycles. The van der Waals surface area contributed by atoms with E-state index in [0.29, 0.717) is 15.1 Å². The Morgan fingerprint density at radius 1 is 1.65 bits per heavy atom. The SMILES string of the molecule is CCOC(=O)C(F)[C@@H](N)c1ccc(Cl)c(Br)c1. The fourth-order valence-electron chi connectivity index (χ4n) is 1.26. The highest BCUT2D eigenvalue weighted by atomic mass is 79.9. The standard InChI is InChI=1S/C11H12BrClFNO2/c1-2-17-11(16)9(14)10(15)6-3-4-8(13)7(12)5-6/h3-5,9-10H,2,15H2,1H3/t9?,10-/m0/s1. The van der Waals surface area contributed by atoms with Crippen molar-refractivity contribution in [2.24, 2.45) is 5.73 Å². The van der Waals surface area contributed by atoms with Gasteiger partial charge in [0.15, 0.2) is 0 Å². The van der Waals surface area contributed by atoms with Crippen LogP contribution in [0.4, 0.5) is 4.39 Å². The Bertz CT molecular complexity index is 416. The van der Waals surface area contributed by atoms with E-state index >= 15 is 0 Å². The Balaban J connectivity index is 2.84. The van der Waals surface area contributed by atoms with E-state index in [1.807, 2.05) is 0 Å². The predicted octanol–water partition coefficient (Wildman–Crippen LogP) is 3.00. The van der Waals surface area contributed by atoms with Gasteiger partial charge in [-0.05, 0) is 40.5 Å². The molecule has 0 saturated heterocycles. The van der Waals surface area contributed by atoms with Crippen molar-refractivity contribution >= 4 is 33.5 Å². The number of halogens is 3. The number of nitrogens with two attached hydrogens (primary N) is 1. The molecule has 1 aromatic rings. The average molecular weight is 325 g/mol. The van der Waals surface area contributed by atoms with Crippen molar-refractivity contribution in [3.8, 4) is 0 Å². The van der Waals surface area contributed by atoms with Crippen molar-refractivity contribution in [2.75, 3.05) is 6.61 Å². The first-order valence-corrected chi connectivity index (χ1v) is 6.15. The van der Waals surface area contributed by atoms with Crippen LogP contribution in [0.25, 0.3) is 0 Å². The highest BCUT2D eigenvalue weighted by Gasteiger charge is 2.27. The van der Waals surface area contributed by atoms with Gasteiger partial charge in [0.1, 0.15) is 0 Å². The molecule has 0 bridgehead atoms. The summed E-state index contributed by atoms with van der Waals surface area (Å²) in [5, 5.41) is 0.493. The van der Waals surface area contributed by atoms with Crippen LogP contribution in [0.2, 0.25) is 5.02 Å². The minimum atomic E-state index is -1.89. The number of carbonyl (C=O) groups excluding carboxylic acids is 1. The maximum Gasteiger partial charge on any atom is 0.342 e. The second-order valence-corrected chi connectivity index (χ2v) is 4.61. The zero-order valence-corrected chi connectivity index (χ0v) is 11.5. The lowest BCUT2D eigenvalue weighted by Gasteiger charge is -2.16. The van der Waals surface area contributed by atoms with E-state index < -0.39 is 18.2 Å². The molecule has 0 saturated carbocycles. The van der Waals surface area contributed by atoms with Gasteiger partial charge in [0.05, 0.1) is 17.7 Å². The molecule has 94 valence electrons. The zero-order valence-electron chi connectivity index (χ0n) is 9.12. The van der Waals surface area contributed by atoms with Crippen molar-refractivity contribution in [1.29, 1.82) is 0 Å². The van der Waals surface area contributed by atoms with Crippen LogP contribution in [0.5, 0.6) is 0 Å². The van der Waals surface area contributed by atoms with Gasteiger partial charge in [-0.15, -0.1) is 0 Å². The van der Waals surface area contributed by atoms with E-state index in [-0.39, 0.29) is 6.61 Å². The Morgan fingerprint density at radius 3 is 2.82 bits per heavy atom. The summed E-state index contributed by atoms with van der Waals surface area (Å²) in [4.78, 5) is 11.2. The maximum absolute atomic E-state index is 13.6. The van der Waals surface area contributed by atoms with Crippen LogP contribution in [0.3, 0.4) is 0 Å². The molecular weight excluding hydrogens is 312 g/mol. The second-order valence-electron chi connectivity index (χ2n) is 3.35. The van der Waals surface area contributed by atoms with Crippen molar-refractivity contribution in [3.05, 3.63) is 33.3 Å². The van der Waals surface area contributed by atoms with Gasteiger partial charge in [-0.25, -0.2) is 9.18 Å². The summed E-state index contributed by atoms with van der Waals surface area (Å²) in [6, 6.07) is 3.67. The number of carbonyl (C=O) groups is 1. The molecule has 0 radical (unpaired) electrons. The summed E-state index contributed by atoms with van der Waals surface area (Å²) in [6.45, 7) is 1.73. The minimum absolute atomic E-state index is 0.121. The van der Waals surface area contributed by atoms with Crippen LogP contribution >= 0.6 is 27.5 Å². The van der Waals surface area contributed by atoms with Crippen molar-refractivity contribution in [2.45, 2.75) is 19.1 Å². The molecule has 2 atom stereocenters.